The number of benzene rings is 4. The van der Waals surface area contributed by atoms with Crippen LogP contribution < -0.4 is 5.56 Å². The molecule has 198 valence electrons. The second-order valence-electron chi connectivity index (χ2n) is 10.0. The number of nitrogens with zero attached hydrogens (tertiary/aromatic N) is 5. The molecule has 0 saturated carbocycles. The SMILES string of the molecule is Cc1ccccc1-n1c(=O)c2cc3c(-c4ccccc4)nn(-c4ccccc4)c3nc2n(-c2ccccc2C)c1=S. The molecular weight excluding hydrogens is 526 g/mol. The molecule has 0 unspecified atom stereocenters. The molecule has 0 aliphatic rings. The van der Waals surface area contributed by atoms with Gasteiger partial charge >= 0.3 is 0 Å². The van der Waals surface area contributed by atoms with Gasteiger partial charge in [-0.1, -0.05) is 84.9 Å². The maximum Gasteiger partial charge on any atom is 0.268 e. The van der Waals surface area contributed by atoms with Crippen LogP contribution >= 0.6 is 12.2 Å². The van der Waals surface area contributed by atoms with Crippen LogP contribution in [0.4, 0.5) is 0 Å². The summed E-state index contributed by atoms with van der Waals surface area (Å²) in [4.78, 5) is 19.5. The summed E-state index contributed by atoms with van der Waals surface area (Å²) in [6.07, 6.45) is 0. The molecule has 0 amide bonds. The molecule has 3 heterocycles. The number of aromatic nitrogens is 5. The minimum Gasteiger partial charge on any atom is -0.270 e. The van der Waals surface area contributed by atoms with E-state index in [-0.39, 0.29) is 5.56 Å². The number of rotatable bonds is 4. The highest BCUT2D eigenvalue weighted by Crippen LogP contribution is 2.32. The molecule has 0 radical (unpaired) electrons. The van der Waals surface area contributed by atoms with Crippen LogP contribution in [0.5, 0.6) is 0 Å². The van der Waals surface area contributed by atoms with Crippen LogP contribution in [0.1, 0.15) is 11.1 Å². The van der Waals surface area contributed by atoms with Gasteiger partial charge in [-0.3, -0.25) is 13.9 Å². The van der Waals surface area contributed by atoms with Gasteiger partial charge in [0.1, 0.15) is 5.69 Å². The highest BCUT2D eigenvalue weighted by Gasteiger charge is 2.22. The van der Waals surface area contributed by atoms with Gasteiger partial charge in [0.05, 0.1) is 22.4 Å². The van der Waals surface area contributed by atoms with E-state index in [1.807, 2.05) is 138 Å². The lowest BCUT2D eigenvalue weighted by atomic mass is 10.1. The van der Waals surface area contributed by atoms with E-state index in [9.17, 15) is 4.79 Å². The lowest BCUT2D eigenvalue weighted by Crippen LogP contribution is -2.25. The van der Waals surface area contributed by atoms with Gasteiger partial charge < -0.3 is 0 Å². The zero-order valence-corrected chi connectivity index (χ0v) is 23.3. The molecule has 41 heavy (non-hydrogen) atoms. The lowest BCUT2D eigenvalue weighted by molar-refractivity contribution is 0.853. The van der Waals surface area contributed by atoms with Crippen molar-refractivity contribution < 1.29 is 0 Å². The van der Waals surface area contributed by atoms with Crippen molar-refractivity contribution in [3.8, 4) is 28.3 Å². The second-order valence-corrected chi connectivity index (χ2v) is 10.4. The number of pyridine rings is 1. The monoisotopic (exact) mass is 551 g/mol. The first-order valence-electron chi connectivity index (χ1n) is 13.4. The fourth-order valence-electron chi connectivity index (χ4n) is 5.37. The van der Waals surface area contributed by atoms with Gasteiger partial charge in [-0.2, -0.15) is 5.10 Å². The first kappa shape index (κ1) is 24.9. The van der Waals surface area contributed by atoms with Gasteiger partial charge in [-0.25, -0.2) is 9.67 Å². The number of hydrogen-bond acceptors (Lipinski definition) is 4. The molecule has 7 heteroatoms. The maximum atomic E-state index is 14.4. The fraction of sp³-hybridized carbons (Fsp3) is 0.0588. The molecular formula is C34H25N5OS. The van der Waals surface area contributed by atoms with Gasteiger partial charge in [-0.15, -0.1) is 0 Å². The van der Waals surface area contributed by atoms with Gasteiger partial charge in [-0.05, 0) is 67.5 Å². The third kappa shape index (κ3) is 4.01. The number of hydrogen-bond donors (Lipinski definition) is 0. The normalized spacial score (nSPS) is 11.4. The predicted molar refractivity (Wildman–Crippen MR) is 167 cm³/mol. The Morgan fingerprint density at radius 1 is 0.634 bits per heavy atom. The minimum atomic E-state index is -0.218. The van der Waals surface area contributed by atoms with Crippen LogP contribution in [0.3, 0.4) is 0 Å². The molecule has 0 aliphatic heterocycles. The van der Waals surface area contributed by atoms with Crippen molar-refractivity contribution in [2.75, 3.05) is 0 Å². The molecule has 7 aromatic rings. The number of aryl methyl sites for hydroxylation is 2. The summed E-state index contributed by atoms with van der Waals surface area (Å²) in [5, 5.41) is 6.28. The minimum absolute atomic E-state index is 0.218. The van der Waals surface area contributed by atoms with E-state index in [0.717, 1.165) is 44.8 Å². The van der Waals surface area contributed by atoms with Crippen LogP contribution in [0.2, 0.25) is 0 Å². The molecule has 0 fully saturated rings. The van der Waals surface area contributed by atoms with Crippen LogP contribution in [0, 0.1) is 18.6 Å². The largest absolute Gasteiger partial charge is 0.270 e. The van der Waals surface area contributed by atoms with E-state index in [2.05, 4.69) is 0 Å². The standard InChI is InChI=1S/C34H25N5OS/c1-22-13-9-11-19-28(22)37-31-27(33(40)38(34(37)41)29-20-12-10-14-23(29)2)21-26-30(24-15-5-3-6-16-24)36-39(32(26)35-31)25-17-7-4-8-18-25/h3-21H,1-2H3. The van der Waals surface area contributed by atoms with Crippen molar-refractivity contribution in [1.29, 1.82) is 0 Å². The van der Waals surface area contributed by atoms with Crippen molar-refractivity contribution in [3.05, 3.63) is 142 Å². The summed E-state index contributed by atoms with van der Waals surface area (Å²) in [5.74, 6) is 0. The first-order valence-corrected chi connectivity index (χ1v) is 13.8. The van der Waals surface area contributed by atoms with Crippen molar-refractivity contribution >= 4 is 34.3 Å². The average Bonchev–Trinajstić information content (AvgIpc) is 3.38. The molecule has 0 N–H and O–H groups in total. The summed E-state index contributed by atoms with van der Waals surface area (Å²) in [6, 6.07) is 37.6. The second kappa shape index (κ2) is 9.80. The summed E-state index contributed by atoms with van der Waals surface area (Å²) in [7, 11) is 0. The smallest absolute Gasteiger partial charge is 0.268 e. The van der Waals surface area contributed by atoms with Gasteiger partial charge in [0.2, 0.25) is 0 Å². The Bertz CT molecular complexity index is 2210. The third-order valence-corrected chi connectivity index (χ3v) is 7.79. The van der Waals surface area contributed by atoms with E-state index in [4.69, 9.17) is 22.3 Å². The van der Waals surface area contributed by atoms with Crippen molar-refractivity contribution in [2.45, 2.75) is 13.8 Å². The van der Waals surface area contributed by atoms with E-state index in [1.54, 1.807) is 4.57 Å². The van der Waals surface area contributed by atoms with Crippen LogP contribution in [0.25, 0.3) is 50.4 Å². The van der Waals surface area contributed by atoms with E-state index in [1.165, 1.54) is 0 Å². The van der Waals surface area contributed by atoms with E-state index in [0.29, 0.717) is 21.5 Å². The zero-order chi connectivity index (χ0) is 28.1. The Hall–Kier alpha value is -5.14. The Kier molecular flexibility index (Phi) is 5.94. The van der Waals surface area contributed by atoms with Crippen LogP contribution in [-0.2, 0) is 0 Å². The first-order chi connectivity index (χ1) is 20.0. The fourth-order valence-corrected chi connectivity index (χ4v) is 5.74. The Morgan fingerprint density at radius 3 is 1.83 bits per heavy atom. The van der Waals surface area contributed by atoms with E-state index >= 15 is 0 Å². The summed E-state index contributed by atoms with van der Waals surface area (Å²) >= 11 is 6.08. The van der Waals surface area contributed by atoms with Crippen molar-refractivity contribution in [2.24, 2.45) is 0 Å². The molecule has 0 atom stereocenters. The van der Waals surface area contributed by atoms with Gasteiger partial charge in [0, 0.05) is 10.9 Å². The van der Waals surface area contributed by atoms with Crippen LogP contribution in [0.15, 0.2) is 120 Å². The molecule has 6 nitrogen and oxygen atoms in total. The van der Waals surface area contributed by atoms with Crippen LogP contribution in [-0.4, -0.2) is 23.9 Å². The Morgan fingerprint density at radius 2 is 1.20 bits per heavy atom. The quantitative estimate of drug-likeness (QED) is 0.212. The zero-order valence-electron chi connectivity index (χ0n) is 22.5. The number of para-hydroxylation sites is 3. The van der Waals surface area contributed by atoms with E-state index < -0.39 is 0 Å². The Balaban J connectivity index is 1.69. The third-order valence-electron chi connectivity index (χ3n) is 7.43. The van der Waals surface area contributed by atoms with Gasteiger partial charge in [0.15, 0.2) is 16.1 Å². The Labute approximate surface area is 241 Å². The summed E-state index contributed by atoms with van der Waals surface area (Å²) in [5.41, 5.74) is 7.07. The highest BCUT2D eigenvalue weighted by atomic mass is 32.1. The topological polar surface area (TPSA) is 57.6 Å². The molecule has 0 aliphatic carbocycles. The molecule has 4 aromatic carbocycles. The molecule has 3 aromatic heterocycles. The highest BCUT2D eigenvalue weighted by molar-refractivity contribution is 7.71. The molecule has 7 rings (SSSR count). The summed E-state index contributed by atoms with van der Waals surface area (Å²) in [6.45, 7) is 4.02. The van der Waals surface area contributed by atoms with Gasteiger partial charge in [0.25, 0.3) is 5.56 Å². The average molecular weight is 552 g/mol. The molecule has 0 spiro atoms. The predicted octanol–water partition coefficient (Wildman–Crippen LogP) is 7.53. The van der Waals surface area contributed by atoms with Crippen molar-refractivity contribution in [1.82, 2.24) is 23.9 Å². The molecule has 0 bridgehead atoms. The summed E-state index contributed by atoms with van der Waals surface area (Å²) < 4.78 is 5.73. The maximum absolute atomic E-state index is 14.4. The lowest BCUT2D eigenvalue weighted by Gasteiger charge is -2.18. The van der Waals surface area contributed by atoms with Crippen molar-refractivity contribution in [3.63, 3.8) is 0 Å². The number of fused-ring (bicyclic) bond motifs is 2. The molecule has 0 saturated heterocycles.